The van der Waals surface area contributed by atoms with Gasteiger partial charge in [-0.25, -0.2) is 0 Å². The van der Waals surface area contributed by atoms with Crippen LogP contribution in [-0.2, 0) is 6.54 Å². The molecule has 1 aromatic carbocycles. The molecule has 2 heterocycles. The van der Waals surface area contributed by atoms with Crippen molar-refractivity contribution in [1.82, 2.24) is 15.3 Å². The summed E-state index contributed by atoms with van der Waals surface area (Å²) in [6.45, 7) is 6.68. The molecule has 0 aliphatic carbocycles. The average molecular weight is 307 g/mol. The summed E-state index contributed by atoms with van der Waals surface area (Å²) in [5, 5.41) is 4.14. The summed E-state index contributed by atoms with van der Waals surface area (Å²) < 4.78 is 0. The number of H-pyrrole nitrogens is 1. The minimum atomic E-state index is 0.0559. The molecule has 0 saturated heterocycles. The fourth-order valence-corrected chi connectivity index (χ4v) is 2.61. The van der Waals surface area contributed by atoms with Gasteiger partial charge in [0.15, 0.2) is 5.43 Å². The van der Waals surface area contributed by atoms with Crippen molar-refractivity contribution in [2.24, 2.45) is 0 Å². The molecule has 1 unspecified atom stereocenters. The Morgan fingerprint density at radius 2 is 1.91 bits per heavy atom. The minimum Gasteiger partial charge on any atom is -0.357 e. The molecule has 118 valence electrons. The van der Waals surface area contributed by atoms with Crippen LogP contribution >= 0.6 is 0 Å². The van der Waals surface area contributed by atoms with E-state index in [1.165, 1.54) is 0 Å². The quantitative estimate of drug-likeness (QED) is 0.777. The van der Waals surface area contributed by atoms with E-state index in [0.29, 0.717) is 6.54 Å². The first-order valence-corrected chi connectivity index (χ1v) is 7.81. The third-order valence-corrected chi connectivity index (χ3v) is 4.02. The third-order valence-electron chi connectivity index (χ3n) is 4.02. The highest BCUT2D eigenvalue weighted by molar-refractivity contribution is 5.79. The Hall–Kier alpha value is -2.46. The molecule has 4 nitrogen and oxygen atoms in total. The van der Waals surface area contributed by atoms with Gasteiger partial charge in [0, 0.05) is 41.4 Å². The number of benzene rings is 1. The number of fused-ring (bicyclic) bond motifs is 1. The van der Waals surface area contributed by atoms with E-state index in [-0.39, 0.29) is 11.5 Å². The van der Waals surface area contributed by atoms with E-state index >= 15 is 0 Å². The minimum absolute atomic E-state index is 0.0559. The normalized spacial score (nSPS) is 12.5. The first-order chi connectivity index (χ1) is 11.0. The van der Waals surface area contributed by atoms with Gasteiger partial charge < -0.3 is 10.3 Å². The van der Waals surface area contributed by atoms with Crippen molar-refractivity contribution < 1.29 is 0 Å². The Bertz CT molecular complexity index is 881. The smallest absolute Gasteiger partial charge is 0.189 e. The first-order valence-electron chi connectivity index (χ1n) is 7.81. The van der Waals surface area contributed by atoms with Crippen molar-refractivity contribution in [2.75, 3.05) is 0 Å². The zero-order valence-corrected chi connectivity index (χ0v) is 13.7. The van der Waals surface area contributed by atoms with Gasteiger partial charge in [0.05, 0.1) is 5.69 Å². The molecule has 2 N–H and O–H groups in total. The predicted molar refractivity (Wildman–Crippen MR) is 93.5 cm³/mol. The number of pyridine rings is 2. The van der Waals surface area contributed by atoms with E-state index < -0.39 is 0 Å². The van der Waals surface area contributed by atoms with Gasteiger partial charge in [-0.05, 0) is 44.5 Å². The van der Waals surface area contributed by atoms with Crippen molar-refractivity contribution >= 4 is 10.9 Å². The van der Waals surface area contributed by atoms with Crippen LogP contribution < -0.4 is 10.7 Å². The van der Waals surface area contributed by atoms with Gasteiger partial charge in [0.1, 0.15) is 0 Å². The summed E-state index contributed by atoms with van der Waals surface area (Å²) in [7, 11) is 0. The molecule has 4 heteroatoms. The molecule has 0 amide bonds. The van der Waals surface area contributed by atoms with Gasteiger partial charge >= 0.3 is 0 Å². The Kier molecular flexibility index (Phi) is 4.26. The van der Waals surface area contributed by atoms with E-state index in [1.807, 2.05) is 44.3 Å². The van der Waals surface area contributed by atoms with E-state index in [2.05, 4.69) is 28.3 Å². The monoisotopic (exact) mass is 307 g/mol. The maximum absolute atomic E-state index is 12.2. The molecule has 0 aliphatic rings. The van der Waals surface area contributed by atoms with Gasteiger partial charge in [0.25, 0.3) is 0 Å². The molecule has 0 radical (unpaired) electrons. The molecule has 0 saturated carbocycles. The van der Waals surface area contributed by atoms with E-state index in [1.54, 1.807) is 6.07 Å². The summed E-state index contributed by atoms with van der Waals surface area (Å²) in [5.74, 6) is 0. The van der Waals surface area contributed by atoms with Crippen LogP contribution in [0.2, 0.25) is 0 Å². The van der Waals surface area contributed by atoms with Gasteiger partial charge in [-0.15, -0.1) is 0 Å². The molecular weight excluding hydrogens is 286 g/mol. The van der Waals surface area contributed by atoms with Crippen LogP contribution in [-0.4, -0.2) is 9.97 Å². The third kappa shape index (κ3) is 3.48. The van der Waals surface area contributed by atoms with E-state index in [9.17, 15) is 4.79 Å². The molecule has 3 aromatic rings. The molecule has 3 rings (SSSR count). The van der Waals surface area contributed by atoms with Gasteiger partial charge in [0.2, 0.25) is 0 Å². The largest absolute Gasteiger partial charge is 0.357 e. The Balaban J connectivity index is 1.78. The van der Waals surface area contributed by atoms with Crippen molar-refractivity contribution in [3.05, 3.63) is 75.3 Å². The van der Waals surface area contributed by atoms with Gasteiger partial charge in [-0.2, -0.15) is 0 Å². The lowest BCUT2D eigenvalue weighted by molar-refractivity contribution is 0.555. The molecule has 23 heavy (non-hydrogen) atoms. The number of aromatic nitrogens is 2. The maximum atomic E-state index is 12.2. The number of hydrogen-bond acceptors (Lipinski definition) is 3. The zero-order valence-electron chi connectivity index (χ0n) is 13.7. The molecule has 0 fully saturated rings. The first kappa shape index (κ1) is 15.4. The maximum Gasteiger partial charge on any atom is 0.189 e. The lowest BCUT2D eigenvalue weighted by atomic mass is 10.1. The van der Waals surface area contributed by atoms with Crippen LogP contribution in [0.4, 0.5) is 0 Å². The van der Waals surface area contributed by atoms with Crippen LogP contribution in [0.25, 0.3) is 10.9 Å². The Morgan fingerprint density at radius 1 is 1.13 bits per heavy atom. The summed E-state index contributed by atoms with van der Waals surface area (Å²) in [4.78, 5) is 20.0. The Labute approximate surface area is 135 Å². The van der Waals surface area contributed by atoms with Gasteiger partial charge in [-0.3, -0.25) is 9.78 Å². The standard InChI is InChI=1S/C19H21N3O/c1-12-4-7-18-16(8-12)19(23)9-15(22-18)11-20-14(3)17-6-5-13(2)10-21-17/h4-10,14,20H,11H2,1-3H3,(H,22,23). The molecule has 1 atom stereocenters. The predicted octanol–water partition coefficient (Wildman–Crippen LogP) is 3.39. The van der Waals surface area contributed by atoms with Crippen LogP contribution in [0.5, 0.6) is 0 Å². The van der Waals surface area contributed by atoms with Crippen molar-refractivity contribution in [2.45, 2.75) is 33.4 Å². The van der Waals surface area contributed by atoms with Crippen LogP contribution in [0.1, 0.15) is 35.5 Å². The topological polar surface area (TPSA) is 57.8 Å². The molecule has 2 aromatic heterocycles. The molecule has 0 spiro atoms. The molecule has 0 bridgehead atoms. The second-order valence-electron chi connectivity index (χ2n) is 6.07. The summed E-state index contributed by atoms with van der Waals surface area (Å²) in [6.07, 6.45) is 1.87. The second kappa shape index (κ2) is 6.34. The SMILES string of the molecule is Cc1ccc(C(C)NCc2cc(=O)c3cc(C)ccc3[nH]2)nc1. The molecular formula is C19H21N3O. The lowest BCUT2D eigenvalue weighted by Gasteiger charge is -2.14. The number of rotatable bonds is 4. The summed E-state index contributed by atoms with van der Waals surface area (Å²) in [6, 6.07) is 11.8. The highest BCUT2D eigenvalue weighted by atomic mass is 16.1. The second-order valence-corrected chi connectivity index (χ2v) is 6.07. The highest BCUT2D eigenvalue weighted by Gasteiger charge is 2.07. The van der Waals surface area contributed by atoms with E-state index in [4.69, 9.17) is 0 Å². The summed E-state index contributed by atoms with van der Waals surface area (Å²) in [5.41, 5.74) is 5.05. The van der Waals surface area contributed by atoms with Crippen molar-refractivity contribution in [1.29, 1.82) is 0 Å². The van der Waals surface area contributed by atoms with Gasteiger partial charge in [-0.1, -0.05) is 17.7 Å². The number of aryl methyl sites for hydroxylation is 2. The average Bonchev–Trinajstić information content (AvgIpc) is 2.54. The number of nitrogens with one attached hydrogen (secondary N) is 2. The fraction of sp³-hybridized carbons (Fsp3) is 0.263. The Morgan fingerprint density at radius 3 is 2.65 bits per heavy atom. The fourth-order valence-electron chi connectivity index (χ4n) is 2.61. The van der Waals surface area contributed by atoms with E-state index in [0.717, 1.165) is 33.4 Å². The van der Waals surface area contributed by atoms with Crippen LogP contribution in [0.15, 0.2) is 47.4 Å². The highest BCUT2D eigenvalue weighted by Crippen LogP contribution is 2.13. The van der Waals surface area contributed by atoms with Crippen molar-refractivity contribution in [3.8, 4) is 0 Å². The number of aromatic amines is 1. The van der Waals surface area contributed by atoms with Crippen LogP contribution in [0, 0.1) is 13.8 Å². The number of nitrogens with zero attached hydrogens (tertiary/aromatic N) is 1. The summed E-state index contributed by atoms with van der Waals surface area (Å²) >= 11 is 0. The van der Waals surface area contributed by atoms with Crippen molar-refractivity contribution in [3.63, 3.8) is 0 Å². The zero-order chi connectivity index (χ0) is 16.4. The molecule has 0 aliphatic heterocycles. The lowest BCUT2D eigenvalue weighted by Crippen LogP contribution is -2.20. The number of hydrogen-bond donors (Lipinski definition) is 2. The van der Waals surface area contributed by atoms with Crippen LogP contribution in [0.3, 0.4) is 0 Å².